The van der Waals surface area contributed by atoms with Gasteiger partial charge in [-0.05, 0) is 35.7 Å². The summed E-state index contributed by atoms with van der Waals surface area (Å²) in [6.45, 7) is 2.27. The molecule has 0 aliphatic carbocycles. The van der Waals surface area contributed by atoms with Gasteiger partial charge in [-0.2, -0.15) is 0 Å². The largest absolute Gasteiger partial charge is 0.399 e. The SMILES string of the molecule is CCc1ccc(CNS(=O)(=O)c2cc(N)ccc2Cl)cc1. The van der Waals surface area contributed by atoms with Crippen LogP contribution in [0.2, 0.25) is 5.02 Å². The van der Waals surface area contributed by atoms with E-state index in [4.69, 9.17) is 17.3 Å². The average Bonchev–Trinajstić information content (AvgIpc) is 2.48. The van der Waals surface area contributed by atoms with Crippen molar-refractivity contribution < 1.29 is 8.42 Å². The number of hydrogen-bond donors (Lipinski definition) is 2. The predicted molar refractivity (Wildman–Crippen MR) is 85.7 cm³/mol. The fraction of sp³-hybridized carbons (Fsp3) is 0.200. The van der Waals surface area contributed by atoms with Crippen LogP contribution in [-0.4, -0.2) is 8.42 Å². The molecule has 0 unspecified atom stereocenters. The zero-order valence-corrected chi connectivity index (χ0v) is 13.2. The summed E-state index contributed by atoms with van der Waals surface area (Å²) in [6.07, 6.45) is 0.949. The fourth-order valence-electron chi connectivity index (χ4n) is 1.87. The number of nitrogens with two attached hydrogens (primary N) is 1. The zero-order valence-electron chi connectivity index (χ0n) is 11.6. The number of aryl methyl sites for hydroxylation is 1. The van der Waals surface area contributed by atoms with Gasteiger partial charge >= 0.3 is 0 Å². The lowest BCUT2D eigenvalue weighted by atomic mass is 10.1. The summed E-state index contributed by atoms with van der Waals surface area (Å²) in [5.74, 6) is 0. The van der Waals surface area contributed by atoms with Crippen molar-refractivity contribution in [1.29, 1.82) is 0 Å². The van der Waals surface area contributed by atoms with Crippen LogP contribution in [0.15, 0.2) is 47.4 Å². The van der Waals surface area contributed by atoms with E-state index in [0.717, 1.165) is 12.0 Å². The van der Waals surface area contributed by atoms with Crippen molar-refractivity contribution in [3.05, 3.63) is 58.6 Å². The molecule has 0 aromatic heterocycles. The Bertz CT molecular complexity index is 728. The Morgan fingerprint density at radius 1 is 1.10 bits per heavy atom. The van der Waals surface area contributed by atoms with Crippen molar-refractivity contribution in [2.45, 2.75) is 24.8 Å². The Morgan fingerprint density at radius 2 is 1.71 bits per heavy atom. The normalized spacial score (nSPS) is 11.5. The number of nitrogens with one attached hydrogen (secondary N) is 1. The molecule has 0 aliphatic heterocycles. The van der Waals surface area contributed by atoms with E-state index in [-0.39, 0.29) is 16.5 Å². The first-order valence-electron chi connectivity index (χ1n) is 6.55. The second-order valence-corrected chi connectivity index (χ2v) is 6.83. The van der Waals surface area contributed by atoms with E-state index in [1.807, 2.05) is 24.3 Å². The Labute approximate surface area is 130 Å². The first kappa shape index (κ1) is 15.8. The van der Waals surface area contributed by atoms with Gasteiger partial charge in [0.25, 0.3) is 0 Å². The summed E-state index contributed by atoms with van der Waals surface area (Å²) in [5, 5.41) is 0.151. The van der Waals surface area contributed by atoms with Gasteiger partial charge in [0, 0.05) is 12.2 Å². The maximum atomic E-state index is 12.3. The summed E-state index contributed by atoms with van der Waals surface area (Å²) in [6, 6.07) is 12.2. The minimum Gasteiger partial charge on any atom is -0.399 e. The zero-order chi connectivity index (χ0) is 15.5. The molecule has 0 radical (unpaired) electrons. The van der Waals surface area contributed by atoms with Crippen molar-refractivity contribution in [3.8, 4) is 0 Å². The van der Waals surface area contributed by atoms with Crippen LogP contribution in [0, 0.1) is 0 Å². The minimum atomic E-state index is -3.69. The quantitative estimate of drug-likeness (QED) is 0.830. The third-order valence-corrected chi connectivity index (χ3v) is 5.03. The second kappa shape index (κ2) is 6.47. The van der Waals surface area contributed by atoms with Gasteiger partial charge in [0.1, 0.15) is 4.90 Å². The van der Waals surface area contributed by atoms with E-state index in [9.17, 15) is 8.42 Å². The lowest BCUT2D eigenvalue weighted by molar-refractivity contribution is 0.581. The topological polar surface area (TPSA) is 72.2 Å². The first-order chi connectivity index (χ1) is 9.92. The van der Waals surface area contributed by atoms with Gasteiger partial charge in [-0.25, -0.2) is 13.1 Å². The van der Waals surface area contributed by atoms with Crippen molar-refractivity contribution in [3.63, 3.8) is 0 Å². The van der Waals surface area contributed by atoms with Crippen LogP contribution in [0.5, 0.6) is 0 Å². The molecule has 0 amide bonds. The maximum Gasteiger partial charge on any atom is 0.242 e. The highest BCUT2D eigenvalue weighted by atomic mass is 35.5. The van der Waals surface area contributed by atoms with Crippen molar-refractivity contribution in [1.82, 2.24) is 4.72 Å². The molecule has 0 heterocycles. The van der Waals surface area contributed by atoms with E-state index in [1.165, 1.54) is 17.7 Å². The lowest BCUT2D eigenvalue weighted by Crippen LogP contribution is -2.23. The van der Waals surface area contributed by atoms with Crippen molar-refractivity contribution in [2.24, 2.45) is 0 Å². The van der Waals surface area contributed by atoms with E-state index in [2.05, 4.69) is 11.6 Å². The standard InChI is InChI=1S/C15H17ClN2O2S/c1-2-11-3-5-12(6-4-11)10-18-21(19,20)15-9-13(17)7-8-14(15)16/h3-9,18H,2,10,17H2,1H3. The molecule has 0 saturated heterocycles. The Balaban J connectivity index is 2.15. The molecule has 0 fully saturated rings. The van der Waals surface area contributed by atoms with Crippen LogP contribution in [0.25, 0.3) is 0 Å². The highest BCUT2D eigenvalue weighted by Gasteiger charge is 2.17. The lowest BCUT2D eigenvalue weighted by Gasteiger charge is -2.09. The molecule has 6 heteroatoms. The third-order valence-electron chi connectivity index (χ3n) is 3.14. The second-order valence-electron chi connectivity index (χ2n) is 4.68. The molecule has 21 heavy (non-hydrogen) atoms. The van der Waals surface area contributed by atoms with Crippen LogP contribution < -0.4 is 10.5 Å². The Morgan fingerprint density at radius 3 is 2.33 bits per heavy atom. The summed E-state index contributed by atoms with van der Waals surface area (Å²) in [5.41, 5.74) is 8.06. The van der Waals surface area contributed by atoms with Crippen LogP contribution in [-0.2, 0) is 23.0 Å². The van der Waals surface area contributed by atoms with Crippen molar-refractivity contribution >= 4 is 27.3 Å². The molecule has 0 atom stereocenters. The minimum absolute atomic E-state index is 0.00524. The molecule has 0 saturated carbocycles. The molecule has 2 rings (SSSR count). The number of nitrogen functional groups attached to an aromatic ring is 1. The molecular formula is C15H17ClN2O2S. The van der Waals surface area contributed by atoms with Crippen LogP contribution in [0.3, 0.4) is 0 Å². The van der Waals surface area contributed by atoms with E-state index < -0.39 is 10.0 Å². The molecule has 2 aromatic rings. The number of benzene rings is 2. The van der Waals surface area contributed by atoms with Crippen molar-refractivity contribution in [2.75, 3.05) is 5.73 Å². The predicted octanol–water partition coefficient (Wildman–Crippen LogP) is 2.96. The average molecular weight is 325 g/mol. The van der Waals surface area contributed by atoms with E-state index in [0.29, 0.717) is 5.69 Å². The highest BCUT2D eigenvalue weighted by Crippen LogP contribution is 2.23. The first-order valence-corrected chi connectivity index (χ1v) is 8.41. The molecule has 0 aliphatic rings. The fourth-order valence-corrected chi connectivity index (χ4v) is 3.43. The summed E-state index contributed by atoms with van der Waals surface area (Å²) in [4.78, 5) is -0.00524. The van der Waals surface area contributed by atoms with Gasteiger partial charge in [0.05, 0.1) is 5.02 Å². The van der Waals surface area contributed by atoms with E-state index in [1.54, 1.807) is 6.07 Å². The number of hydrogen-bond acceptors (Lipinski definition) is 3. The van der Waals surface area contributed by atoms with Gasteiger partial charge in [-0.3, -0.25) is 0 Å². The highest BCUT2D eigenvalue weighted by molar-refractivity contribution is 7.89. The Hall–Kier alpha value is -1.56. The molecule has 0 spiro atoms. The molecule has 3 N–H and O–H groups in total. The van der Waals surface area contributed by atoms with Gasteiger partial charge < -0.3 is 5.73 Å². The summed E-state index contributed by atoms with van der Waals surface area (Å²) >= 11 is 5.93. The van der Waals surface area contributed by atoms with Gasteiger partial charge in [-0.15, -0.1) is 0 Å². The Kier molecular flexibility index (Phi) is 4.88. The van der Waals surface area contributed by atoms with Gasteiger partial charge in [0.15, 0.2) is 0 Å². The number of anilines is 1. The van der Waals surface area contributed by atoms with E-state index >= 15 is 0 Å². The summed E-state index contributed by atoms with van der Waals surface area (Å²) in [7, 11) is -3.69. The third kappa shape index (κ3) is 3.97. The van der Waals surface area contributed by atoms with Gasteiger partial charge in [0.2, 0.25) is 10.0 Å². The smallest absolute Gasteiger partial charge is 0.242 e. The maximum absolute atomic E-state index is 12.3. The molecule has 112 valence electrons. The van der Waals surface area contributed by atoms with Gasteiger partial charge in [-0.1, -0.05) is 42.8 Å². The number of halogens is 1. The van der Waals surface area contributed by atoms with Crippen LogP contribution in [0.4, 0.5) is 5.69 Å². The monoisotopic (exact) mass is 324 g/mol. The summed E-state index contributed by atoms with van der Waals surface area (Å²) < 4.78 is 27.0. The molecule has 0 bridgehead atoms. The number of sulfonamides is 1. The molecular weight excluding hydrogens is 308 g/mol. The molecule has 2 aromatic carbocycles. The van der Waals surface area contributed by atoms with Crippen LogP contribution in [0.1, 0.15) is 18.1 Å². The van der Waals surface area contributed by atoms with Crippen LogP contribution >= 0.6 is 11.6 Å². The number of rotatable bonds is 5. The molecule has 4 nitrogen and oxygen atoms in total.